The fourth-order valence-electron chi connectivity index (χ4n) is 0.902. The van der Waals surface area contributed by atoms with Crippen LogP contribution in [0.2, 0.25) is 5.02 Å². The molecule has 0 aromatic heterocycles. The summed E-state index contributed by atoms with van der Waals surface area (Å²) in [5, 5.41) is 8.98. The molecule has 0 saturated carbocycles. The Bertz CT molecular complexity index is 409. The smallest absolute Gasteiger partial charge is 0.160 e. The molecule has 0 atom stereocenters. The van der Waals surface area contributed by atoms with E-state index < -0.39 is 0 Å². The van der Waals surface area contributed by atoms with Gasteiger partial charge in [-0.15, -0.1) is 0 Å². The van der Waals surface area contributed by atoms with E-state index in [2.05, 4.69) is 0 Å². The molecule has 0 N–H and O–H groups in total. The van der Waals surface area contributed by atoms with Gasteiger partial charge in [-0.1, -0.05) is 11.6 Å². The molecule has 0 amide bonds. The molecule has 2 nitrogen and oxygen atoms in total. The first-order valence-corrected chi connectivity index (χ1v) is 4.92. The standard InChI is InChI=1S/C9H5ClINO/c1-5(13)7-3-8(10)6(4-12)2-9(7)11/h2-3H,1H3. The fraction of sp³-hybridized carbons (Fsp3) is 0.111. The molecule has 0 unspecified atom stereocenters. The quantitative estimate of drug-likeness (QED) is 0.591. The molecule has 0 aliphatic heterocycles. The van der Waals surface area contributed by atoms with Crippen molar-refractivity contribution in [1.29, 1.82) is 5.26 Å². The van der Waals surface area contributed by atoms with Crippen molar-refractivity contribution in [2.45, 2.75) is 6.92 Å². The minimum absolute atomic E-state index is 0.0456. The molecule has 0 aliphatic rings. The summed E-state index contributed by atoms with van der Waals surface area (Å²) in [7, 11) is 0. The van der Waals surface area contributed by atoms with Gasteiger partial charge >= 0.3 is 0 Å². The number of carbonyl (C=O) groups is 1. The van der Waals surface area contributed by atoms with Crippen LogP contribution in [0.1, 0.15) is 22.8 Å². The minimum Gasteiger partial charge on any atom is -0.294 e. The molecule has 66 valence electrons. The molecule has 0 saturated heterocycles. The van der Waals surface area contributed by atoms with Gasteiger partial charge in [0.1, 0.15) is 6.07 Å². The van der Waals surface area contributed by atoms with E-state index in [9.17, 15) is 4.79 Å². The summed E-state index contributed by atoms with van der Waals surface area (Å²) in [5.74, 6) is -0.0456. The fourth-order valence-corrected chi connectivity index (χ4v) is 1.96. The lowest BCUT2D eigenvalue weighted by atomic mass is 10.1. The topological polar surface area (TPSA) is 40.9 Å². The van der Waals surface area contributed by atoms with Gasteiger partial charge in [-0.25, -0.2) is 0 Å². The van der Waals surface area contributed by atoms with E-state index in [0.29, 0.717) is 16.1 Å². The normalized spacial score (nSPS) is 9.38. The molecule has 0 bridgehead atoms. The summed E-state index contributed by atoms with van der Waals surface area (Å²) >= 11 is 7.78. The van der Waals surface area contributed by atoms with Crippen molar-refractivity contribution in [2.24, 2.45) is 0 Å². The van der Waals surface area contributed by atoms with Crippen LogP contribution in [0.3, 0.4) is 0 Å². The number of Topliss-reactive ketones (excluding diaryl/α,β-unsaturated/α-hetero) is 1. The number of carbonyl (C=O) groups excluding carboxylic acids is 1. The van der Waals surface area contributed by atoms with Gasteiger partial charge < -0.3 is 0 Å². The van der Waals surface area contributed by atoms with E-state index in [0.717, 1.165) is 3.57 Å². The lowest BCUT2D eigenvalue weighted by Crippen LogP contribution is -1.97. The maximum absolute atomic E-state index is 11.1. The first-order chi connectivity index (χ1) is 6.06. The van der Waals surface area contributed by atoms with Crippen molar-refractivity contribution < 1.29 is 4.79 Å². The van der Waals surface area contributed by atoms with E-state index >= 15 is 0 Å². The highest BCUT2D eigenvalue weighted by molar-refractivity contribution is 14.1. The molecule has 0 aliphatic carbocycles. The zero-order chi connectivity index (χ0) is 10.0. The molecule has 0 spiro atoms. The van der Waals surface area contributed by atoms with E-state index in [1.54, 1.807) is 6.07 Å². The van der Waals surface area contributed by atoms with Crippen molar-refractivity contribution in [3.8, 4) is 6.07 Å². The SMILES string of the molecule is CC(=O)c1cc(Cl)c(C#N)cc1I. The van der Waals surface area contributed by atoms with Gasteiger partial charge in [0.05, 0.1) is 10.6 Å². The predicted molar refractivity (Wildman–Crippen MR) is 58.9 cm³/mol. The maximum Gasteiger partial charge on any atom is 0.160 e. The zero-order valence-corrected chi connectivity index (χ0v) is 9.68. The zero-order valence-electron chi connectivity index (χ0n) is 6.77. The molecule has 1 aromatic rings. The average molecular weight is 306 g/mol. The van der Waals surface area contributed by atoms with Gasteiger partial charge in [0.25, 0.3) is 0 Å². The third-order valence-corrected chi connectivity index (χ3v) is 2.76. The Balaban J connectivity index is 3.39. The minimum atomic E-state index is -0.0456. The molecule has 1 rings (SSSR count). The van der Waals surface area contributed by atoms with Gasteiger partial charge in [-0.05, 0) is 41.6 Å². The number of ketones is 1. The monoisotopic (exact) mass is 305 g/mol. The summed E-state index contributed by atoms with van der Waals surface area (Å²) < 4.78 is 0.756. The Morgan fingerprint density at radius 3 is 2.69 bits per heavy atom. The lowest BCUT2D eigenvalue weighted by Gasteiger charge is -2.01. The molecule has 0 heterocycles. The van der Waals surface area contributed by atoms with Gasteiger partial charge in [0.2, 0.25) is 0 Å². The van der Waals surface area contributed by atoms with Crippen LogP contribution in [-0.2, 0) is 0 Å². The third kappa shape index (κ3) is 2.20. The molecule has 4 heteroatoms. The number of nitriles is 1. The van der Waals surface area contributed by atoms with Gasteiger partial charge in [-0.3, -0.25) is 4.79 Å². The van der Waals surface area contributed by atoms with Crippen molar-refractivity contribution >= 4 is 40.0 Å². The van der Waals surface area contributed by atoms with E-state index in [1.165, 1.54) is 13.0 Å². The maximum atomic E-state index is 11.1. The molecule has 0 radical (unpaired) electrons. The first kappa shape index (κ1) is 10.5. The number of hydrogen-bond acceptors (Lipinski definition) is 2. The molecule has 0 fully saturated rings. The summed E-state index contributed by atoms with van der Waals surface area (Å²) in [6.45, 7) is 1.47. The van der Waals surface area contributed by atoms with Crippen LogP contribution in [0.5, 0.6) is 0 Å². The van der Waals surface area contributed by atoms with E-state index in [4.69, 9.17) is 16.9 Å². The van der Waals surface area contributed by atoms with E-state index in [1.807, 2.05) is 28.7 Å². The Hall–Kier alpha value is -0.600. The van der Waals surface area contributed by atoms with Crippen LogP contribution in [0, 0.1) is 14.9 Å². The number of hydrogen-bond donors (Lipinski definition) is 0. The lowest BCUT2D eigenvalue weighted by molar-refractivity contribution is 0.101. The van der Waals surface area contributed by atoms with E-state index in [-0.39, 0.29) is 5.78 Å². The van der Waals surface area contributed by atoms with Gasteiger partial charge in [0, 0.05) is 9.13 Å². The van der Waals surface area contributed by atoms with Crippen LogP contribution in [0.15, 0.2) is 12.1 Å². The first-order valence-electron chi connectivity index (χ1n) is 3.46. The highest BCUT2D eigenvalue weighted by Gasteiger charge is 2.09. The molecular weight excluding hydrogens is 300 g/mol. The van der Waals surface area contributed by atoms with Crippen LogP contribution in [0.25, 0.3) is 0 Å². The third-order valence-electron chi connectivity index (χ3n) is 1.56. The summed E-state index contributed by atoms with van der Waals surface area (Å²) in [4.78, 5) is 11.1. The average Bonchev–Trinajstić information content (AvgIpc) is 2.07. The van der Waals surface area contributed by atoms with Gasteiger partial charge in [-0.2, -0.15) is 5.26 Å². The summed E-state index contributed by atoms with van der Waals surface area (Å²) in [6, 6.07) is 5.10. The summed E-state index contributed by atoms with van der Waals surface area (Å²) in [6.07, 6.45) is 0. The van der Waals surface area contributed by atoms with Crippen LogP contribution in [-0.4, -0.2) is 5.78 Å². The highest BCUT2D eigenvalue weighted by atomic mass is 127. The number of nitrogens with zero attached hydrogens (tertiary/aromatic N) is 1. The van der Waals surface area contributed by atoms with Gasteiger partial charge in [0.15, 0.2) is 5.78 Å². The summed E-state index contributed by atoms with van der Waals surface area (Å²) in [5.41, 5.74) is 0.959. The second-order valence-electron chi connectivity index (χ2n) is 2.48. The van der Waals surface area contributed by atoms with Crippen molar-refractivity contribution in [3.05, 3.63) is 31.9 Å². The Labute approximate surface area is 94.6 Å². The predicted octanol–water partition coefficient (Wildman–Crippen LogP) is 3.02. The second-order valence-corrected chi connectivity index (χ2v) is 4.05. The second kappa shape index (κ2) is 4.07. The highest BCUT2D eigenvalue weighted by Crippen LogP contribution is 2.22. The van der Waals surface area contributed by atoms with Crippen molar-refractivity contribution in [3.63, 3.8) is 0 Å². The number of rotatable bonds is 1. The largest absolute Gasteiger partial charge is 0.294 e. The number of benzene rings is 1. The Morgan fingerprint density at radius 1 is 1.62 bits per heavy atom. The Morgan fingerprint density at radius 2 is 2.23 bits per heavy atom. The molecule has 1 aromatic carbocycles. The van der Waals surface area contributed by atoms with Crippen LogP contribution < -0.4 is 0 Å². The molecule has 13 heavy (non-hydrogen) atoms. The van der Waals surface area contributed by atoms with Crippen molar-refractivity contribution in [2.75, 3.05) is 0 Å². The van der Waals surface area contributed by atoms with Crippen molar-refractivity contribution in [1.82, 2.24) is 0 Å². The molecular formula is C9H5ClINO. The van der Waals surface area contributed by atoms with Crippen LogP contribution in [0.4, 0.5) is 0 Å². The van der Waals surface area contributed by atoms with Crippen LogP contribution >= 0.6 is 34.2 Å². The number of halogens is 2. The Kier molecular flexibility index (Phi) is 3.28.